The Labute approximate surface area is 265 Å². The fraction of sp³-hybridized carbons (Fsp3) is 0.361. The summed E-state index contributed by atoms with van der Waals surface area (Å²) in [4.78, 5) is 25.5. The van der Waals surface area contributed by atoms with E-state index in [0.717, 1.165) is 27.8 Å². The van der Waals surface area contributed by atoms with Gasteiger partial charge in [0.1, 0.15) is 11.9 Å². The monoisotopic (exact) mass is 624 g/mol. The molecule has 0 fully saturated rings. The van der Waals surface area contributed by atoms with Gasteiger partial charge in [0.25, 0.3) is 10.0 Å². The summed E-state index contributed by atoms with van der Waals surface area (Å²) in [7, 11) is -4.13. The molecular weight excluding hydrogens is 584 g/mol. The van der Waals surface area contributed by atoms with Crippen LogP contribution in [0.4, 0.5) is 11.8 Å². The van der Waals surface area contributed by atoms with Crippen molar-refractivity contribution in [2.45, 2.75) is 83.9 Å². The van der Waals surface area contributed by atoms with E-state index in [2.05, 4.69) is 62.4 Å². The van der Waals surface area contributed by atoms with Crippen molar-refractivity contribution in [3.63, 3.8) is 0 Å². The highest BCUT2D eigenvalue weighted by Gasteiger charge is 2.40. The van der Waals surface area contributed by atoms with Crippen LogP contribution in [0, 0.1) is 19.8 Å². The fourth-order valence-electron chi connectivity index (χ4n) is 6.41. The summed E-state index contributed by atoms with van der Waals surface area (Å²) < 4.78 is 36.3. The number of carbonyl (C=O) groups excluding carboxylic acids is 1. The second kappa shape index (κ2) is 11.3. The summed E-state index contributed by atoms with van der Waals surface area (Å²) >= 11 is 0. The standard InChI is InChI=1S/C36H40N4O4S/c1-21(2)16-30-33-28-15-14-26(36(5,6)7)17-25(28)20-40(30)31-19-29(32-22(3)10-8-11-23(32)4)37-35(38-31)39-45(42,43)27-13-9-12-24(18-27)34(41)44-33/h8-15,17-19,21,30,33H,16,20H2,1-7H3,(H,37,38,39)/t30-,33+/m1/s1. The number of rotatable bonds is 3. The molecule has 0 spiro atoms. The number of fused-ring (bicyclic) bond motifs is 9. The molecule has 3 heterocycles. The van der Waals surface area contributed by atoms with Crippen LogP contribution in [0.2, 0.25) is 0 Å². The van der Waals surface area contributed by atoms with Crippen LogP contribution in [0.3, 0.4) is 0 Å². The predicted molar refractivity (Wildman–Crippen MR) is 177 cm³/mol. The minimum atomic E-state index is -4.13. The SMILES string of the molecule is Cc1cccc(C)c1-c1cc2nc(n1)NS(=O)(=O)c1cccc(c1)C(=O)O[C@H]1c3ccc(C(C)(C)C)cc3CN2[C@@H]1CC(C)C. The molecule has 45 heavy (non-hydrogen) atoms. The molecule has 0 radical (unpaired) electrons. The first-order chi connectivity index (χ1) is 21.2. The van der Waals surface area contributed by atoms with E-state index < -0.39 is 22.1 Å². The van der Waals surface area contributed by atoms with Crippen LogP contribution in [0.15, 0.2) is 71.6 Å². The van der Waals surface area contributed by atoms with E-state index in [4.69, 9.17) is 14.7 Å². The van der Waals surface area contributed by atoms with Crippen LogP contribution in [-0.4, -0.2) is 30.4 Å². The zero-order valence-electron chi connectivity index (χ0n) is 26.9. The first-order valence-electron chi connectivity index (χ1n) is 15.4. The topological polar surface area (TPSA) is 101 Å². The number of aromatic nitrogens is 2. The largest absolute Gasteiger partial charge is 0.452 e. The molecule has 6 bridgehead atoms. The Balaban J connectivity index is 1.65. The highest BCUT2D eigenvalue weighted by atomic mass is 32.2. The number of sulfonamides is 1. The molecule has 1 aromatic heterocycles. The highest BCUT2D eigenvalue weighted by Crippen LogP contribution is 2.42. The lowest BCUT2D eigenvalue weighted by atomic mass is 9.81. The van der Waals surface area contributed by atoms with Crippen LogP contribution in [0.1, 0.15) is 85.3 Å². The van der Waals surface area contributed by atoms with Crippen molar-refractivity contribution in [1.82, 2.24) is 9.97 Å². The zero-order valence-corrected chi connectivity index (χ0v) is 27.7. The lowest BCUT2D eigenvalue weighted by Crippen LogP contribution is -2.46. The van der Waals surface area contributed by atoms with Crippen molar-refractivity contribution < 1.29 is 17.9 Å². The number of ether oxygens (including phenoxy) is 1. The van der Waals surface area contributed by atoms with Gasteiger partial charge < -0.3 is 9.64 Å². The van der Waals surface area contributed by atoms with E-state index >= 15 is 0 Å². The summed E-state index contributed by atoms with van der Waals surface area (Å²) in [6.07, 6.45) is 0.0936. The molecule has 0 aliphatic carbocycles. The lowest BCUT2D eigenvalue weighted by Gasteiger charge is -2.44. The second-order valence-electron chi connectivity index (χ2n) is 13.6. The number of carbonyl (C=O) groups is 1. The van der Waals surface area contributed by atoms with E-state index in [1.807, 2.05) is 38.1 Å². The molecule has 234 valence electrons. The number of hydrogen-bond donors (Lipinski definition) is 1. The molecule has 0 saturated heterocycles. The second-order valence-corrected chi connectivity index (χ2v) is 15.3. The average Bonchev–Trinajstić information content (AvgIpc) is 2.96. The van der Waals surface area contributed by atoms with Gasteiger partial charge in [-0.2, -0.15) is 4.98 Å². The average molecular weight is 625 g/mol. The molecule has 9 heteroatoms. The Morgan fingerprint density at radius 1 is 0.978 bits per heavy atom. The molecular formula is C36H40N4O4S. The zero-order chi connectivity index (χ0) is 32.3. The van der Waals surface area contributed by atoms with Crippen molar-refractivity contribution >= 4 is 27.8 Å². The third-order valence-corrected chi connectivity index (χ3v) is 10.0. The maximum absolute atomic E-state index is 13.8. The van der Waals surface area contributed by atoms with Crippen LogP contribution in [0.25, 0.3) is 11.3 Å². The van der Waals surface area contributed by atoms with Crippen LogP contribution >= 0.6 is 0 Å². The third-order valence-electron chi connectivity index (χ3n) is 8.70. The van der Waals surface area contributed by atoms with Gasteiger partial charge in [0.05, 0.1) is 22.2 Å². The normalized spacial score (nSPS) is 19.0. The Kier molecular flexibility index (Phi) is 7.72. The van der Waals surface area contributed by atoms with Gasteiger partial charge >= 0.3 is 5.97 Å². The van der Waals surface area contributed by atoms with Crippen molar-refractivity contribution in [3.8, 4) is 11.3 Å². The van der Waals surface area contributed by atoms with Crippen LogP contribution < -0.4 is 9.62 Å². The molecule has 0 amide bonds. The minimum absolute atomic E-state index is 0.0314. The maximum Gasteiger partial charge on any atom is 0.338 e. The molecule has 0 unspecified atom stereocenters. The Morgan fingerprint density at radius 3 is 2.38 bits per heavy atom. The number of anilines is 2. The molecule has 2 aliphatic rings. The summed E-state index contributed by atoms with van der Waals surface area (Å²) in [5, 5.41) is 0. The van der Waals surface area contributed by atoms with E-state index in [1.165, 1.54) is 17.7 Å². The number of hydrogen-bond acceptors (Lipinski definition) is 7. The van der Waals surface area contributed by atoms with E-state index in [0.29, 0.717) is 24.5 Å². The highest BCUT2D eigenvalue weighted by molar-refractivity contribution is 7.92. The quantitative estimate of drug-likeness (QED) is 0.236. The minimum Gasteiger partial charge on any atom is -0.452 e. The maximum atomic E-state index is 13.8. The smallest absolute Gasteiger partial charge is 0.338 e. The van der Waals surface area contributed by atoms with Gasteiger partial charge in [0.15, 0.2) is 0 Å². The van der Waals surface area contributed by atoms with Gasteiger partial charge in [-0.1, -0.05) is 77.1 Å². The fourth-order valence-corrected chi connectivity index (χ4v) is 7.40. The molecule has 2 atom stereocenters. The number of esters is 1. The third kappa shape index (κ3) is 5.93. The summed E-state index contributed by atoms with van der Waals surface area (Å²) in [5.74, 6) is 0.221. The number of nitrogens with zero attached hydrogens (tertiary/aromatic N) is 3. The number of nitrogens with one attached hydrogen (secondary N) is 1. The molecule has 3 aromatic carbocycles. The van der Waals surface area contributed by atoms with Crippen LogP contribution in [-0.2, 0) is 26.7 Å². The molecule has 8 nitrogen and oxygen atoms in total. The van der Waals surface area contributed by atoms with Gasteiger partial charge in [-0.05, 0) is 77.6 Å². The van der Waals surface area contributed by atoms with E-state index in [1.54, 1.807) is 12.1 Å². The molecule has 6 rings (SSSR count). The number of benzene rings is 3. The summed E-state index contributed by atoms with van der Waals surface area (Å²) in [6, 6.07) is 20.0. The Morgan fingerprint density at radius 2 is 1.69 bits per heavy atom. The Bertz CT molecular complexity index is 1890. The van der Waals surface area contributed by atoms with Gasteiger partial charge in [0.2, 0.25) is 5.95 Å². The first kappa shape index (κ1) is 30.8. The van der Waals surface area contributed by atoms with Crippen molar-refractivity contribution in [2.75, 3.05) is 9.62 Å². The van der Waals surface area contributed by atoms with Gasteiger partial charge in [-0.25, -0.2) is 22.9 Å². The van der Waals surface area contributed by atoms with Crippen molar-refractivity contribution in [3.05, 3.63) is 100 Å². The van der Waals surface area contributed by atoms with Gasteiger partial charge in [-0.3, -0.25) is 0 Å². The Hall–Kier alpha value is -4.24. The van der Waals surface area contributed by atoms with Crippen molar-refractivity contribution in [2.24, 2.45) is 5.92 Å². The predicted octanol–water partition coefficient (Wildman–Crippen LogP) is 7.51. The molecule has 4 aromatic rings. The van der Waals surface area contributed by atoms with Crippen molar-refractivity contribution in [1.29, 1.82) is 0 Å². The number of aryl methyl sites for hydroxylation is 2. The van der Waals surface area contributed by atoms with Gasteiger partial charge in [0, 0.05) is 18.2 Å². The van der Waals surface area contributed by atoms with Crippen LogP contribution in [0.5, 0.6) is 0 Å². The summed E-state index contributed by atoms with van der Waals surface area (Å²) in [5.41, 5.74) is 6.81. The van der Waals surface area contributed by atoms with Gasteiger partial charge in [-0.15, -0.1) is 0 Å². The first-order valence-corrected chi connectivity index (χ1v) is 16.9. The van der Waals surface area contributed by atoms with E-state index in [-0.39, 0.29) is 33.8 Å². The van der Waals surface area contributed by atoms with E-state index in [9.17, 15) is 13.2 Å². The molecule has 2 aliphatic heterocycles. The summed E-state index contributed by atoms with van der Waals surface area (Å²) in [6.45, 7) is 15.4. The molecule has 0 saturated carbocycles. The molecule has 1 N–H and O–H groups in total. The lowest BCUT2D eigenvalue weighted by molar-refractivity contribution is 0.0180.